The fourth-order valence-electron chi connectivity index (χ4n) is 3.56. The lowest BCUT2D eigenvalue weighted by molar-refractivity contribution is 0.880. The smallest absolute Gasteiger partial charge is 0.162 e. The minimum absolute atomic E-state index is 0.130. The van der Waals surface area contributed by atoms with Gasteiger partial charge < -0.3 is 5.32 Å². The quantitative estimate of drug-likeness (QED) is 0.408. The number of pyridine rings is 1. The molecule has 5 aromatic rings. The third-order valence-corrected chi connectivity index (χ3v) is 5.03. The van der Waals surface area contributed by atoms with E-state index in [1.165, 1.54) is 0 Å². The van der Waals surface area contributed by atoms with E-state index < -0.39 is 0 Å². The summed E-state index contributed by atoms with van der Waals surface area (Å²) in [5.41, 5.74) is 3.95. The number of fused-ring (bicyclic) bond motifs is 1. The number of hydrogen-bond donors (Lipinski definition) is 1. The monoisotopic (exact) mass is 388 g/mol. The number of rotatable bonds is 5. The first-order valence-corrected chi connectivity index (χ1v) is 9.93. The Kier molecular flexibility index (Phi) is 4.88. The maximum absolute atomic E-state index is 4.91. The molecule has 4 heteroatoms. The van der Waals surface area contributed by atoms with E-state index in [2.05, 4.69) is 22.4 Å². The highest BCUT2D eigenvalue weighted by atomic mass is 15.1. The number of nitrogens with one attached hydrogen (secondary N) is 1. The van der Waals surface area contributed by atoms with Crippen LogP contribution < -0.4 is 5.32 Å². The van der Waals surface area contributed by atoms with Crippen LogP contribution in [0.25, 0.3) is 22.3 Å². The number of hydrogen-bond acceptors (Lipinski definition) is 4. The zero-order valence-corrected chi connectivity index (χ0v) is 16.3. The van der Waals surface area contributed by atoms with Gasteiger partial charge in [-0.25, -0.2) is 9.97 Å². The van der Waals surface area contributed by atoms with Crippen LogP contribution in [0.2, 0.25) is 0 Å². The minimum Gasteiger partial charge on any atom is -0.357 e. The van der Waals surface area contributed by atoms with E-state index in [1.54, 1.807) is 0 Å². The molecule has 0 spiro atoms. The second kappa shape index (κ2) is 8.13. The van der Waals surface area contributed by atoms with Crippen LogP contribution in [0.1, 0.15) is 17.3 Å². The van der Waals surface area contributed by atoms with Crippen molar-refractivity contribution in [1.29, 1.82) is 0 Å². The maximum Gasteiger partial charge on any atom is 0.162 e. The molecule has 1 unspecified atom stereocenters. The van der Waals surface area contributed by atoms with Gasteiger partial charge in [0.1, 0.15) is 5.82 Å². The molecule has 30 heavy (non-hydrogen) atoms. The zero-order valence-electron chi connectivity index (χ0n) is 16.3. The van der Waals surface area contributed by atoms with E-state index in [0.717, 1.165) is 33.5 Å². The summed E-state index contributed by atoms with van der Waals surface area (Å²) in [5.74, 6) is 1.49. The summed E-state index contributed by atoms with van der Waals surface area (Å²) in [4.78, 5) is 14.3. The zero-order chi connectivity index (χ0) is 20.2. The molecule has 0 aliphatic rings. The molecule has 0 aliphatic carbocycles. The van der Waals surface area contributed by atoms with Gasteiger partial charge in [0.15, 0.2) is 5.82 Å². The molecule has 0 saturated heterocycles. The van der Waals surface area contributed by atoms with E-state index in [1.807, 2.05) is 97.2 Å². The molecule has 5 rings (SSSR count). The van der Waals surface area contributed by atoms with Gasteiger partial charge in [0, 0.05) is 17.1 Å². The van der Waals surface area contributed by atoms with Gasteiger partial charge in [-0.2, -0.15) is 0 Å². The number of aromatic nitrogens is 3. The molecule has 0 amide bonds. The molecule has 2 heterocycles. The summed E-state index contributed by atoms with van der Waals surface area (Å²) in [5, 5.41) is 4.63. The van der Waals surface area contributed by atoms with Crippen LogP contribution in [-0.4, -0.2) is 15.0 Å². The first-order chi connectivity index (χ1) is 14.9. The molecule has 0 aliphatic heterocycles. The van der Waals surface area contributed by atoms with Gasteiger partial charge in [-0.05, 0) is 29.8 Å². The average molecular weight is 388 g/mol. The third-order valence-electron chi connectivity index (χ3n) is 5.03. The molecule has 3 aromatic carbocycles. The van der Waals surface area contributed by atoms with E-state index in [-0.39, 0.29) is 6.04 Å². The lowest BCUT2D eigenvalue weighted by atomic mass is 10.0. The molecule has 1 N–H and O–H groups in total. The van der Waals surface area contributed by atoms with Gasteiger partial charge >= 0.3 is 0 Å². The second-order valence-electron chi connectivity index (χ2n) is 7.02. The number of para-hydroxylation sites is 1. The molecule has 0 saturated carbocycles. The Bertz CT molecular complexity index is 1220. The molecule has 0 bridgehead atoms. The molecular formula is C26H20N4. The normalized spacial score (nSPS) is 11.9. The van der Waals surface area contributed by atoms with Gasteiger partial charge in [-0.15, -0.1) is 0 Å². The van der Waals surface area contributed by atoms with Gasteiger partial charge in [-0.3, -0.25) is 4.98 Å². The molecule has 4 nitrogen and oxygen atoms in total. The molecule has 0 fully saturated rings. The minimum atomic E-state index is -0.130. The SMILES string of the molecule is c1ccc(-c2nc(NC(c3ccccc3)c3ccccn3)c3ccccc3n2)cc1. The first-order valence-electron chi connectivity index (χ1n) is 9.93. The van der Waals surface area contributed by atoms with Crippen LogP contribution >= 0.6 is 0 Å². The van der Waals surface area contributed by atoms with Crippen molar-refractivity contribution in [2.45, 2.75) is 6.04 Å². The molecule has 2 aromatic heterocycles. The Labute approximate surface area is 175 Å². The Morgan fingerprint density at radius 1 is 0.633 bits per heavy atom. The van der Waals surface area contributed by atoms with Gasteiger partial charge in [0.2, 0.25) is 0 Å². The van der Waals surface area contributed by atoms with E-state index in [9.17, 15) is 0 Å². The van der Waals surface area contributed by atoms with Crippen LogP contribution in [0.3, 0.4) is 0 Å². The summed E-state index contributed by atoms with van der Waals surface area (Å²) in [6.45, 7) is 0. The van der Waals surface area contributed by atoms with Crippen molar-refractivity contribution in [3.05, 3.63) is 121 Å². The van der Waals surface area contributed by atoms with Crippen molar-refractivity contribution in [2.24, 2.45) is 0 Å². The Hall–Kier alpha value is -4.05. The fourth-order valence-corrected chi connectivity index (χ4v) is 3.56. The van der Waals surface area contributed by atoms with Crippen molar-refractivity contribution in [1.82, 2.24) is 15.0 Å². The van der Waals surface area contributed by atoms with Gasteiger partial charge in [-0.1, -0.05) is 78.9 Å². The maximum atomic E-state index is 4.91. The highest BCUT2D eigenvalue weighted by Gasteiger charge is 2.18. The highest BCUT2D eigenvalue weighted by molar-refractivity contribution is 5.90. The van der Waals surface area contributed by atoms with Gasteiger partial charge in [0.25, 0.3) is 0 Å². The van der Waals surface area contributed by atoms with Crippen molar-refractivity contribution >= 4 is 16.7 Å². The number of anilines is 1. The van der Waals surface area contributed by atoms with E-state index in [0.29, 0.717) is 5.82 Å². The Morgan fingerprint density at radius 2 is 1.33 bits per heavy atom. The summed E-state index contributed by atoms with van der Waals surface area (Å²) < 4.78 is 0. The average Bonchev–Trinajstić information content (AvgIpc) is 2.84. The molecule has 144 valence electrons. The molecule has 1 atom stereocenters. The van der Waals surface area contributed by atoms with Crippen LogP contribution in [-0.2, 0) is 0 Å². The van der Waals surface area contributed by atoms with Crippen LogP contribution in [0.4, 0.5) is 5.82 Å². The summed E-state index contributed by atoms with van der Waals surface area (Å²) in [7, 11) is 0. The lowest BCUT2D eigenvalue weighted by Gasteiger charge is -2.21. The van der Waals surface area contributed by atoms with Crippen molar-refractivity contribution in [3.63, 3.8) is 0 Å². The Morgan fingerprint density at radius 3 is 2.10 bits per heavy atom. The number of benzene rings is 3. The van der Waals surface area contributed by atoms with Crippen molar-refractivity contribution < 1.29 is 0 Å². The lowest BCUT2D eigenvalue weighted by Crippen LogP contribution is -2.15. The van der Waals surface area contributed by atoms with Crippen LogP contribution in [0.15, 0.2) is 109 Å². The predicted octanol–water partition coefficient (Wildman–Crippen LogP) is 5.89. The topological polar surface area (TPSA) is 50.7 Å². The largest absolute Gasteiger partial charge is 0.357 e. The van der Waals surface area contributed by atoms with E-state index in [4.69, 9.17) is 9.97 Å². The first kappa shape index (κ1) is 18.0. The molecule has 0 radical (unpaired) electrons. The van der Waals surface area contributed by atoms with Crippen molar-refractivity contribution in [2.75, 3.05) is 5.32 Å². The fraction of sp³-hybridized carbons (Fsp3) is 0.0385. The number of nitrogens with zero attached hydrogens (tertiary/aromatic N) is 3. The van der Waals surface area contributed by atoms with E-state index >= 15 is 0 Å². The van der Waals surface area contributed by atoms with Crippen LogP contribution in [0.5, 0.6) is 0 Å². The second-order valence-corrected chi connectivity index (χ2v) is 7.02. The molecular weight excluding hydrogens is 368 g/mol. The summed E-state index contributed by atoms with van der Waals surface area (Å²) in [6.07, 6.45) is 1.82. The highest BCUT2D eigenvalue weighted by Crippen LogP contribution is 2.30. The van der Waals surface area contributed by atoms with Crippen LogP contribution in [0, 0.1) is 0 Å². The Balaban J connectivity index is 1.65. The predicted molar refractivity (Wildman–Crippen MR) is 121 cm³/mol. The summed E-state index contributed by atoms with van der Waals surface area (Å²) >= 11 is 0. The standard InChI is InChI=1S/C26H20N4/c1-3-11-19(12-4-1)24(23-17-9-10-18-27-23)29-26-21-15-7-8-16-22(21)28-25(30-26)20-13-5-2-6-14-20/h1-18,24H,(H,28,29,30). The third kappa shape index (κ3) is 3.63. The van der Waals surface area contributed by atoms with Gasteiger partial charge in [0.05, 0.1) is 17.3 Å². The summed E-state index contributed by atoms with van der Waals surface area (Å²) in [6, 6.07) is 34.3. The van der Waals surface area contributed by atoms with Crippen molar-refractivity contribution in [3.8, 4) is 11.4 Å².